The van der Waals surface area contributed by atoms with Crippen LogP contribution in [-0.4, -0.2) is 29.0 Å². The van der Waals surface area contributed by atoms with Crippen molar-refractivity contribution in [1.29, 1.82) is 0 Å². The van der Waals surface area contributed by atoms with Gasteiger partial charge in [-0.3, -0.25) is 0 Å². The molecule has 1 aromatic carbocycles. The van der Waals surface area contributed by atoms with E-state index in [0.717, 1.165) is 0 Å². The zero-order valence-electron chi connectivity index (χ0n) is 9.85. The molecule has 0 amide bonds. The Labute approximate surface area is 109 Å². The van der Waals surface area contributed by atoms with Crippen LogP contribution in [0.2, 0.25) is 5.28 Å². The van der Waals surface area contributed by atoms with E-state index in [1.807, 2.05) is 0 Å². The van der Waals surface area contributed by atoms with Gasteiger partial charge in [-0.05, 0) is 29.8 Å². The molecule has 0 spiro atoms. The largest absolute Gasteiger partial charge is 0.357 e. The zero-order valence-corrected chi connectivity index (χ0v) is 10.6. The summed E-state index contributed by atoms with van der Waals surface area (Å²) in [7, 11) is 3.40. The van der Waals surface area contributed by atoms with Gasteiger partial charge < -0.3 is 10.2 Å². The summed E-state index contributed by atoms with van der Waals surface area (Å²) in [5, 5.41) is 2.85. The third-order valence-corrected chi connectivity index (χ3v) is 2.48. The van der Waals surface area contributed by atoms with Crippen molar-refractivity contribution >= 4 is 29.2 Å². The van der Waals surface area contributed by atoms with Crippen LogP contribution in [0, 0.1) is 5.82 Å². The summed E-state index contributed by atoms with van der Waals surface area (Å²) in [5.74, 6) is 0.367. The van der Waals surface area contributed by atoms with E-state index in [-0.39, 0.29) is 11.1 Å². The number of hydrogen-bond donors (Lipinski definition) is 1. The number of nitrogens with one attached hydrogen (secondary N) is 1. The van der Waals surface area contributed by atoms with Crippen LogP contribution in [0.15, 0.2) is 24.3 Å². The van der Waals surface area contributed by atoms with Crippen LogP contribution in [0.5, 0.6) is 0 Å². The number of rotatable bonds is 3. The Hall–Kier alpha value is -1.95. The Kier molecular flexibility index (Phi) is 3.57. The second-order valence-corrected chi connectivity index (χ2v) is 3.85. The molecule has 5 nitrogen and oxygen atoms in total. The highest BCUT2D eigenvalue weighted by atomic mass is 35.5. The average Bonchev–Trinajstić information content (AvgIpc) is 2.37. The summed E-state index contributed by atoms with van der Waals surface area (Å²) in [6, 6.07) is 6.12. The summed E-state index contributed by atoms with van der Waals surface area (Å²) >= 11 is 5.79. The van der Waals surface area contributed by atoms with Gasteiger partial charge in [-0.2, -0.15) is 15.0 Å². The van der Waals surface area contributed by atoms with Gasteiger partial charge in [-0.15, -0.1) is 0 Å². The van der Waals surface area contributed by atoms with Crippen LogP contribution in [-0.2, 0) is 0 Å². The zero-order chi connectivity index (χ0) is 13.1. The highest BCUT2D eigenvalue weighted by molar-refractivity contribution is 6.28. The fraction of sp³-hybridized carbons (Fsp3) is 0.182. The number of anilines is 3. The third kappa shape index (κ3) is 2.65. The van der Waals surface area contributed by atoms with Crippen LogP contribution < -0.4 is 10.2 Å². The summed E-state index contributed by atoms with van der Waals surface area (Å²) in [6.45, 7) is 0. The summed E-state index contributed by atoms with van der Waals surface area (Å²) in [5.41, 5.74) is 0.624. The van der Waals surface area contributed by atoms with E-state index in [1.54, 1.807) is 31.1 Å². The molecule has 0 radical (unpaired) electrons. The standard InChI is InChI=1S/C11H11ClFN5/c1-14-10-15-9(12)16-11(17-10)18(2)8-5-3-4-7(13)6-8/h3-6H,1-2H3,(H,14,15,16,17). The molecule has 0 atom stereocenters. The molecule has 18 heavy (non-hydrogen) atoms. The monoisotopic (exact) mass is 267 g/mol. The Bertz CT molecular complexity index is 563. The molecule has 1 heterocycles. The Morgan fingerprint density at radius 1 is 1.28 bits per heavy atom. The van der Waals surface area contributed by atoms with E-state index in [2.05, 4.69) is 20.3 Å². The maximum atomic E-state index is 13.1. The van der Waals surface area contributed by atoms with Crippen molar-refractivity contribution in [2.45, 2.75) is 0 Å². The van der Waals surface area contributed by atoms with Gasteiger partial charge in [0, 0.05) is 19.8 Å². The fourth-order valence-corrected chi connectivity index (χ4v) is 1.56. The molecule has 0 saturated carbocycles. The minimum absolute atomic E-state index is 0.0765. The molecule has 0 aliphatic carbocycles. The molecule has 0 unspecified atom stereocenters. The lowest BCUT2D eigenvalue weighted by Gasteiger charge is -2.17. The van der Waals surface area contributed by atoms with E-state index in [9.17, 15) is 4.39 Å². The van der Waals surface area contributed by atoms with Gasteiger partial charge in [-0.25, -0.2) is 4.39 Å². The van der Waals surface area contributed by atoms with E-state index >= 15 is 0 Å². The molecule has 0 saturated heterocycles. The fourth-order valence-electron chi connectivity index (χ4n) is 1.40. The van der Waals surface area contributed by atoms with E-state index in [1.165, 1.54) is 12.1 Å². The lowest BCUT2D eigenvalue weighted by Crippen LogP contribution is -2.15. The lowest BCUT2D eigenvalue weighted by molar-refractivity contribution is 0.628. The molecule has 94 valence electrons. The molecule has 0 fully saturated rings. The van der Waals surface area contributed by atoms with Crippen molar-refractivity contribution in [2.75, 3.05) is 24.3 Å². The van der Waals surface area contributed by atoms with Crippen molar-refractivity contribution in [3.05, 3.63) is 35.4 Å². The number of benzene rings is 1. The first-order chi connectivity index (χ1) is 8.60. The predicted octanol–water partition coefficient (Wildman–Crippen LogP) is 2.47. The predicted molar refractivity (Wildman–Crippen MR) is 68.8 cm³/mol. The number of hydrogen-bond acceptors (Lipinski definition) is 5. The van der Waals surface area contributed by atoms with Gasteiger partial charge in [0.15, 0.2) is 0 Å². The Morgan fingerprint density at radius 3 is 2.72 bits per heavy atom. The van der Waals surface area contributed by atoms with E-state index < -0.39 is 0 Å². The van der Waals surface area contributed by atoms with E-state index in [0.29, 0.717) is 17.6 Å². The maximum absolute atomic E-state index is 13.1. The van der Waals surface area contributed by atoms with Gasteiger partial charge >= 0.3 is 0 Å². The van der Waals surface area contributed by atoms with Crippen LogP contribution in [0.3, 0.4) is 0 Å². The van der Waals surface area contributed by atoms with Gasteiger partial charge in [0.25, 0.3) is 0 Å². The molecular weight excluding hydrogens is 257 g/mol. The molecule has 7 heteroatoms. The average molecular weight is 268 g/mol. The van der Waals surface area contributed by atoms with Gasteiger partial charge in [0.1, 0.15) is 5.82 Å². The minimum atomic E-state index is -0.326. The first-order valence-corrected chi connectivity index (χ1v) is 5.56. The van der Waals surface area contributed by atoms with Crippen LogP contribution in [0.4, 0.5) is 22.0 Å². The van der Waals surface area contributed by atoms with Crippen LogP contribution in [0.1, 0.15) is 0 Å². The van der Waals surface area contributed by atoms with Crippen molar-refractivity contribution < 1.29 is 4.39 Å². The highest BCUT2D eigenvalue weighted by Gasteiger charge is 2.11. The molecule has 1 N–H and O–H groups in total. The molecule has 0 bridgehead atoms. The third-order valence-electron chi connectivity index (χ3n) is 2.32. The van der Waals surface area contributed by atoms with Crippen molar-refractivity contribution in [3.63, 3.8) is 0 Å². The molecule has 2 aromatic rings. The molecule has 0 aliphatic rings. The van der Waals surface area contributed by atoms with Crippen molar-refractivity contribution in [1.82, 2.24) is 15.0 Å². The smallest absolute Gasteiger partial charge is 0.235 e. The first-order valence-electron chi connectivity index (χ1n) is 5.19. The first kappa shape index (κ1) is 12.5. The normalized spacial score (nSPS) is 10.2. The summed E-state index contributed by atoms with van der Waals surface area (Å²) in [4.78, 5) is 13.6. The topological polar surface area (TPSA) is 53.9 Å². The molecule has 0 aliphatic heterocycles. The van der Waals surface area contributed by atoms with Crippen molar-refractivity contribution in [2.24, 2.45) is 0 Å². The lowest BCUT2D eigenvalue weighted by atomic mass is 10.3. The molecular formula is C11H11ClFN5. The van der Waals surface area contributed by atoms with Crippen molar-refractivity contribution in [3.8, 4) is 0 Å². The molecule has 2 rings (SSSR count). The number of aromatic nitrogens is 3. The summed E-state index contributed by atoms with van der Waals surface area (Å²) < 4.78 is 13.1. The van der Waals surface area contributed by atoms with Gasteiger partial charge in [0.05, 0.1) is 0 Å². The number of nitrogens with zero attached hydrogens (tertiary/aromatic N) is 4. The Balaban J connectivity index is 2.39. The maximum Gasteiger partial charge on any atom is 0.235 e. The van der Waals surface area contributed by atoms with Gasteiger partial charge in [0.2, 0.25) is 17.2 Å². The van der Waals surface area contributed by atoms with E-state index in [4.69, 9.17) is 11.6 Å². The Morgan fingerprint density at radius 2 is 2.06 bits per heavy atom. The molecule has 1 aromatic heterocycles. The van der Waals surface area contributed by atoms with Crippen LogP contribution >= 0.6 is 11.6 Å². The number of halogens is 2. The summed E-state index contributed by atoms with van der Waals surface area (Å²) in [6.07, 6.45) is 0. The highest BCUT2D eigenvalue weighted by Crippen LogP contribution is 2.22. The minimum Gasteiger partial charge on any atom is -0.357 e. The second kappa shape index (κ2) is 5.14. The quantitative estimate of drug-likeness (QED) is 0.926. The van der Waals surface area contributed by atoms with Crippen LogP contribution in [0.25, 0.3) is 0 Å². The second-order valence-electron chi connectivity index (χ2n) is 3.52. The SMILES string of the molecule is CNc1nc(Cl)nc(N(C)c2cccc(F)c2)n1. The van der Waals surface area contributed by atoms with Gasteiger partial charge in [-0.1, -0.05) is 6.07 Å².